The van der Waals surface area contributed by atoms with E-state index in [-0.39, 0.29) is 25.3 Å². The van der Waals surface area contributed by atoms with E-state index in [2.05, 4.69) is 5.32 Å². The van der Waals surface area contributed by atoms with Crippen molar-refractivity contribution in [3.05, 3.63) is 46.2 Å². The molecule has 0 unspecified atom stereocenters. The third-order valence-corrected chi connectivity index (χ3v) is 4.40. The van der Waals surface area contributed by atoms with Crippen LogP contribution >= 0.6 is 11.6 Å². The standard InChI is InChI=1S/C19H26ClN3O5/c20-15-3-1-14(2-4-15)5-7-22-18(25)16-13-23(19(26)17(16)24)8-10-28-12-11-27-9-6-21/h1-4,24H,5-13,21H2,(H,22,25). The van der Waals surface area contributed by atoms with E-state index in [0.717, 1.165) is 5.56 Å². The lowest BCUT2D eigenvalue weighted by atomic mass is 10.1. The SMILES string of the molecule is NCCOCCOCCN1CC(C(=O)NCCc2ccc(Cl)cc2)=C(O)C1=O. The molecule has 2 amide bonds. The van der Waals surface area contributed by atoms with Gasteiger partial charge in [-0.05, 0) is 24.1 Å². The molecular formula is C19H26ClN3O5. The number of rotatable bonds is 12. The summed E-state index contributed by atoms with van der Waals surface area (Å²) in [6, 6.07) is 7.33. The van der Waals surface area contributed by atoms with Crippen LogP contribution in [0.5, 0.6) is 0 Å². The van der Waals surface area contributed by atoms with Crippen LogP contribution in [0.1, 0.15) is 5.56 Å². The Morgan fingerprint density at radius 2 is 1.86 bits per heavy atom. The number of carbonyl (C=O) groups excluding carboxylic acids is 2. The van der Waals surface area contributed by atoms with Gasteiger partial charge >= 0.3 is 0 Å². The Bertz CT molecular complexity index is 693. The largest absolute Gasteiger partial charge is 0.503 e. The summed E-state index contributed by atoms with van der Waals surface area (Å²) in [6.07, 6.45) is 0.620. The minimum Gasteiger partial charge on any atom is -0.503 e. The average Bonchev–Trinajstić information content (AvgIpc) is 2.97. The summed E-state index contributed by atoms with van der Waals surface area (Å²) in [5, 5.41) is 13.4. The first-order valence-corrected chi connectivity index (χ1v) is 9.50. The lowest BCUT2D eigenvalue weighted by Crippen LogP contribution is -2.33. The highest BCUT2D eigenvalue weighted by Crippen LogP contribution is 2.17. The molecule has 154 valence electrons. The van der Waals surface area contributed by atoms with Crippen molar-refractivity contribution in [3.8, 4) is 0 Å². The van der Waals surface area contributed by atoms with Gasteiger partial charge in [-0.15, -0.1) is 0 Å². The van der Waals surface area contributed by atoms with E-state index in [1.165, 1.54) is 4.90 Å². The fourth-order valence-corrected chi connectivity index (χ4v) is 2.76. The Labute approximate surface area is 169 Å². The van der Waals surface area contributed by atoms with Gasteiger partial charge in [0, 0.05) is 24.7 Å². The second-order valence-electron chi connectivity index (χ2n) is 6.20. The van der Waals surface area contributed by atoms with Gasteiger partial charge in [0.1, 0.15) is 0 Å². The zero-order valence-electron chi connectivity index (χ0n) is 15.7. The highest BCUT2D eigenvalue weighted by Gasteiger charge is 2.33. The molecule has 0 atom stereocenters. The van der Waals surface area contributed by atoms with Crippen LogP contribution in [0.25, 0.3) is 0 Å². The lowest BCUT2D eigenvalue weighted by molar-refractivity contribution is -0.128. The summed E-state index contributed by atoms with van der Waals surface area (Å²) in [5.74, 6) is -1.51. The molecule has 1 aliphatic rings. The van der Waals surface area contributed by atoms with Crippen molar-refractivity contribution in [1.29, 1.82) is 0 Å². The predicted octanol–water partition coefficient (Wildman–Crippen LogP) is 0.645. The molecule has 0 saturated carbocycles. The minimum atomic E-state index is -0.564. The van der Waals surface area contributed by atoms with Gasteiger partial charge in [-0.3, -0.25) is 9.59 Å². The first-order valence-electron chi connectivity index (χ1n) is 9.12. The summed E-state index contributed by atoms with van der Waals surface area (Å²) in [4.78, 5) is 25.7. The van der Waals surface area contributed by atoms with Gasteiger partial charge in [-0.2, -0.15) is 0 Å². The van der Waals surface area contributed by atoms with Crippen LogP contribution in [0.15, 0.2) is 35.6 Å². The number of hydrogen-bond donors (Lipinski definition) is 3. The molecule has 0 aliphatic carbocycles. The van der Waals surface area contributed by atoms with Crippen LogP contribution in [0.3, 0.4) is 0 Å². The highest BCUT2D eigenvalue weighted by molar-refractivity contribution is 6.30. The number of halogens is 1. The van der Waals surface area contributed by atoms with Crippen LogP contribution < -0.4 is 11.1 Å². The summed E-state index contributed by atoms with van der Waals surface area (Å²) in [5.41, 5.74) is 6.41. The van der Waals surface area contributed by atoms with Crippen LogP contribution in [0, 0.1) is 0 Å². The van der Waals surface area contributed by atoms with E-state index in [4.69, 9.17) is 26.8 Å². The molecule has 28 heavy (non-hydrogen) atoms. The Hall–Kier alpha value is -2.13. The molecule has 0 spiro atoms. The van der Waals surface area contributed by atoms with Crippen molar-refractivity contribution in [3.63, 3.8) is 0 Å². The van der Waals surface area contributed by atoms with E-state index in [9.17, 15) is 14.7 Å². The van der Waals surface area contributed by atoms with Gasteiger partial charge in [-0.1, -0.05) is 23.7 Å². The Kier molecular flexibility index (Phi) is 9.22. The first-order chi connectivity index (χ1) is 13.5. The molecule has 4 N–H and O–H groups in total. The molecular weight excluding hydrogens is 386 g/mol. The summed E-state index contributed by atoms with van der Waals surface area (Å²) < 4.78 is 10.6. The Morgan fingerprint density at radius 1 is 1.18 bits per heavy atom. The van der Waals surface area contributed by atoms with Crippen molar-refractivity contribution in [2.45, 2.75) is 6.42 Å². The quantitative estimate of drug-likeness (QED) is 0.435. The van der Waals surface area contributed by atoms with E-state index < -0.39 is 17.6 Å². The first kappa shape index (κ1) is 22.2. The maximum atomic E-state index is 12.3. The fraction of sp³-hybridized carbons (Fsp3) is 0.474. The van der Waals surface area contributed by atoms with Crippen molar-refractivity contribution < 1.29 is 24.2 Å². The van der Waals surface area contributed by atoms with Crippen molar-refractivity contribution in [2.75, 3.05) is 52.6 Å². The summed E-state index contributed by atoms with van der Waals surface area (Å²) >= 11 is 5.84. The molecule has 8 nitrogen and oxygen atoms in total. The number of benzene rings is 1. The van der Waals surface area contributed by atoms with Crippen molar-refractivity contribution in [1.82, 2.24) is 10.2 Å². The molecule has 0 radical (unpaired) electrons. The highest BCUT2D eigenvalue weighted by atomic mass is 35.5. The van der Waals surface area contributed by atoms with Crippen LogP contribution in [-0.4, -0.2) is 74.4 Å². The molecule has 0 bridgehead atoms. The number of nitrogens with zero attached hydrogens (tertiary/aromatic N) is 1. The topological polar surface area (TPSA) is 114 Å². The second-order valence-corrected chi connectivity index (χ2v) is 6.64. The number of aliphatic hydroxyl groups excluding tert-OH is 1. The maximum Gasteiger partial charge on any atom is 0.289 e. The molecule has 0 aromatic heterocycles. The smallest absolute Gasteiger partial charge is 0.289 e. The van der Waals surface area contributed by atoms with Crippen molar-refractivity contribution >= 4 is 23.4 Å². The molecule has 2 rings (SSSR count). The molecule has 9 heteroatoms. The fourth-order valence-electron chi connectivity index (χ4n) is 2.63. The third kappa shape index (κ3) is 6.79. The van der Waals surface area contributed by atoms with Crippen LogP contribution in [-0.2, 0) is 25.5 Å². The van der Waals surface area contributed by atoms with Gasteiger partial charge in [0.2, 0.25) is 0 Å². The maximum absolute atomic E-state index is 12.3. The van der Waals surface area contributed by atoms with E-state index in [1.807, 2.05) is 12.1 Å². The monoisotopic (exact) mass is 411 g/mol. The Morgan fingerprint density at radius 3 is 2.54 bits per heavy atom. The van der Waals surface area contributed by atoms with Crippen LogP contribution in [0.2, 0.25) is 5.02 Å². The lowest BCUT2D eigenvalue weighted by Gasteiger charge is -2.16. The summed E-state index contributed by atoms with van der Waals surface area (Å²) in [7, 11) is 0. The van der Waals surface area contributed by atoms with E-state index in [0.29, 0.717) is 44.4 Å². The molecule has 1 heterocycles. The van der Waals surface area contributed by atoms with Gasteiger partial charge < -0.3 is 30.5 Å². The van der Waals surface area contributed by atoms with E-state index in [1.54, 1.807) is 12.1 Å². The third-order valence-electron chi connectivity index (χ3n) is 4.15. The molecule has 1 aliphatic heterocycles. The number of ether oxygens (including phenoxy) is 2. The molecule has 0 fully saturated rings. The number of hydrogen-bond acceptors (Lipinski definition) is 6. The normalized spacial score (nSPS) is 14.1. The second kappa shape index (κ2) is 11.7. The van der Waals surface area contributed by atoms with Gasteiger partial charge in [-0.25, -0.2) is 0 Å². The van der Waals surface area contributed by atoms with Gasteiger partial charge in [0.25, 0.3) is 11.8 Å². The minimum absolute atomic E-state index is 0.0600. The number of carbonyl (C=O) groups is 2. The van der Waals surface area contributed by atoms with Crippen LogP contribution in [0.4, 0.5) is 0 Å². The summed E-state index contributed by atoms with van der Waals surface area (Å²) in [6.45, 7) is 2.76. The molecule has 1 aromatic carbocycles. The van der Waals surface area contributed by atoms with Crippen molar-refractivity contribution in [2.24, 2.45) is 5.73 Å². The number of nitrogens with one attached hydrogen (secondary N) is 1. The van der Waals surface area contributed by atoms with E-state index >= 15 is 0 Å². The number of amides is 2. The molecule has 1 aromatic rings. The zero-order chi connectivity index (χ0) is 20.4. The average molecular weight is 412 g/mol. The number of nitrogens with two attached hydrogens (primary N) is 1. The Balaban J connectivity index is 1.70. The molecule has 0 saturated heterocycles. The van der Waals surface area contributed by atoms with Gasteiger partial charge in [0.15, 0.2) is 5.76 Å². The van der Waals surface area contributed by atoms with Gasteiger partial charge in [0.05, 0.1) is 38.5 Å². The number of aliphatic hydroxyl groups is 1. The predicted molar refractivity (Wildman–Crippen MR) is 105 cm³/mol. The zero-order valence-corrected chi connectivity index (χ0v) is 16.4.